The minimum Gasteiger partial charge on any atom is -0.496 e. The van der Waals surface area contributed by atoms with Crippen molar-refractivity contribution in [3.63, 3.8) is 0 Å². The largest absolute Gasteiger partial charge is 0.496 e. The molecular formula is C15H19N3O3. The smallest absolute Gasteiger partial charge is 0.360 e. The Morgan fingerprint density at radius 3 is 2.86 bits per heavy atom. The molecule has 0 aliphatic carbocycles. The summed E-state index contributed by atoms with van der Waals surface area (Å²) in [5, 5.41) is 0. The lowest BCUT2D eigenvalue weighted by molar-refractivity contribution is 0.0521. The number of hydrogen-bond donors (Lipinski definition) is 1. The fourth-order valence-electron chi connectivity index (χ4n) is 2.08. The van der Waals surface area contributed by atoms with E-state index in [9.17, 15) is 4.79 Å². The van der Waals surface area contributed by atoms with Gasteiger partial charge in [-0.05, 0) is 25.0 Å². The number of aromatic nitrogens is 2. The topological polar surface area (TPSA) is 79.4 Å². The molecule has 0 fully saturated rings. The van der Waals surface area contributed by atoms with Crippen molar-refractivity contribution in [2.24, 2.45) is 0 Å². The molecule has 1 aromatic carbocycles. The molecule has 6 heteroatoms. The van der Waals surface area contributed by atoms with E-state index in [0.29, 0.717) is 19.0 Å². The lowest BCUT2D eigenvalue weighted by Crippen LogP contribution is -2.11. The van der Waals surface area contributed by atoms with Gasteiger partial charge in [0, 0.05) is 6.54 Å². The molecule has 0 spiro atoms. The van der Waals surface area contributed by atoms with Crippen molar-refractivity contribution in [3.05, 3.63) is 41.9 Å². The Kier molecular flexibility index (Phi) is 4.81. The van der Waals surface area contributed by atoms with Crippen molar-refractivity contribution < 1.29 is 14.3 Å². The molecule has 2 rings (SSSR count). The van der Waals surface area contributed by atoms with Crippen molar-refractivity contribution in [1.82, 2.24) is 9.55 Å². The number of nitrogens with two attached hydrogens (primary N) is 1. The van der Waals surface area contributed by atoms with Crippen LogP contribution in [0.1, 0.15) is 23.0 Å². The summed E-state index contributed by atoms with van der Waals surface area (Å²) in [4.78, 5) is 15.7. The van der Waals surface area contributed by atoms with E-state index in [2.05, 4.69) is 4.98 Å². The average Bonchev–Trinajstić information content (AvgIpc) is 2.86. The molecule has 2 aromatic rings. The van der Waals surface area contributed by atoms with Crippen LogP contribution in [0.25, 0.3) is 0 Å². The summed E-state index contributed by atoms with van der Waals surface area (Å²) in [5.74, 6) is 0.663. The van der Waals surface area contributed by atoms with Crippen LogP contribution in [0.2, 0.25) is 0 Å². The van der Waals surface area contributed by atoms with Gasteiger partial charge in [0.1, 0.15) is 11.6 Å². The highest BCUT2D eigenvalue weighted by Gasteiger charge is 2.16. The maximum atomic E-state index is 11.7. The highest BCUT2D eigenvalue weighted by Crippen LogP contribution is 2.19. The fraction of sp³-hybridized carbons (Fsp3) is 0.333. The molecule has 1 heterocycles. The van der Waals surface area contributed by atoms with E-state index in [1.165, 1.54) is 0 Å². The van der Waals surface area contributed by atoms with Crippen LogP contribution in [0.4, 0.5) is 5.82 Å². The van der Waals surface area contributed by atoms with Crippen molar-refractivity contribution in [3.8, 4) is 5.75 Å². The number of ether oxygens (including phenoxy) is 2. The quantitative estimate of drug-likeness (QED) is 0.821. The Hall–Kier alpha value is -2.50. The molecule has 6 nitrogen and oxygen atoms in total. The Morgan fingerprint density at radius 2 is 2.14 bits per heavy atom. The number of carbonyl (C=O) groups excluding carboxylic acids is 1. The SMILES string of the molecule is CCOC(=O)c1ncn(CCc2ccccc2OC)c1N. The summed E-state index contributed by atoms with van der Waals surface area (Å²) in [5.41, 5.74) is 7.18. The standard InChI is InChI=1S/C15H19N3O3/c1-3-21-15(19)13-14(16)18(10-17-13)9-8-11-6-4-5-7-12(11)20-2/h4-7,10H,3,8-9,16H2,1-2H3. The summed E-state index contributed by atoms with van der Waals surface area (Å²) in [6.45, 7) is 2.65. The number of carbonyl (C=O) groups is 1. The van der Waals surface area contributed by atoms with Gasteiger partial charge in [0.05, 0.1) is 20.0 Å². The highest BCUT2D eigenvalue weighted by molar-refractivity contribution is 5.92. The number of aryl methyl sites for hydroxylation is 2. The Balaban J connectivity index is 2.09. The van der Waals surface area contributed by atoms with Crippen LogP contribution in [0.5, 0.6) is 5.75 Å². The van der Waals surface area contributed by atoms with Gasteiger partial charge < -0.3 is 19.8 Å². The lowest BCUT2D eigenvalue weighted by atomic mass is 10.1. The molecule has 0 radical (unpaired) electrons. The van der Waals surface area contributed by atoms with Crippen molar-refractivity contribution in [1.29, 1.82) is 0 Å². The van der Waals surface area contributed by atoms with E-state index in [1.54, 1.807) is 24.9 Å². The third-order valence-electron chi connectivity index (χ3n) is 3.16. The van der Waals surface area contributed by atoms with Gasteiger partial charge in [-0.3, -0.25) is 0 Å². The second-order valence-electron chi connectivity index (χ2n) is 4.45. The zero-order chi connectivity index (χ0) is 15.2. The van der Waals surface area contributed by atoms with Crippen LogP contribution in [-0.4, -0.2) is 29.2 Å². The number of esters is 1. The van der Waals surface area contributed by atoms with Gasteiger partial charge in [-0.2, -0.15) is 0 Å². The van der Waals surface area contributed by atoms with Gasteiger partial charge in [-0.15, -0.1) is 0 Å². The van der Waals surface area contributed by atoms with E-state index in [0.717, 1.165) is 17.7 Å². The van der Waals surface area contributed by atoms with Gasteiger partial charge >= 0.3 is 5.97 Å². The van der Waals surface area contributed by atoms with Gasteiger partial charge in [-0.25, -0.2) is 9.78 Å². The monoisotopic (exact) mass is 289 g/mol. The van der Waals surface area contributed by atoms with Crippen molar-refractivity contribution in [2.45, 2.75) is 19.9 Å². The first kappa shape index (κ1) is 14.9. The Labute approximate surface area is 123 Å². The zero-order valence-corrected chi connectivity index (χ0v) is 12.2. The summed E-state index contributed by atoms with van der Waals surface area (Å²) in [6, 6.07) is 7.79. The minimum absolute atomic E-state index is 0.164. The number of para-hydroxylation sites is 1. The number of nitrogens with zero attached hydrogens (tertiary/aromatic N) is 2. The molecule has 0 saturated heterocycles. The van der Waals surface area contributed by atoms with Gasteiger partial charge in [-0.1, -0.05) is 18.2 Å². The number of imidazole rings is 1. The van der Waals surface area contributed by atoms with E-state index in [-0.39, 0.29) is 5.69 Å². The van der Waals surface area contributed by atoms with Crippen LogP contribution in [0.15, 0.2) is 30.6 Å². The van der Waals surface area contributed by atoms with Crippen LogP contribution in [0.3, 0.4) is 0 Å². The number of rotatable bonds is 6. The average molecular weight is 289 g/mol. The predicted molar refractivity (Wildman–Crippen MR) is 79.3 cm³/mol. The molecule has 0 aliphatic heterocycles. The maximum Gasteiger partial charge on any atom is 0.360 e. The second-order valence-corrected chi connectivity index (χ2v) is 4.45. The molecular weight excluding hydrogens is 270 g/mol. The van der Waals surface area contributed by atoms with Crippen molar-refractivity contribution >= 4 is 11.8 Å². The molecule has 0 aliphatic rings. The second kappa shape index (κ2) is 6.78. The molecule has 0 unspecified atom stereocenters. The first-order chi connectivity index (χ1) is 10.2. The molecule has 0 atom stereocenters. The van der Waals surface area contributed by atoms with Crippen LogP contribution >= 0.6 is 0 Å². The van der Waals surface area contributed by atoms with E-state index < -0.39 is 5.97 Å². The van der Waals surface area contributed by atoms with Gasteiger partial charge in [0.25, 0.3) is 0 Å². The highest BCUT2D eigenvalue weighted by atomic mass is 16.5. The molecule has 0 bridgehead atoms. The summed E-state index contributed by atoms with van der Waals surface area (Å²) < 4.78 is 12.0. The summed E-state index contributed by atoms with van der Waals surface area (Å²) in [7, 11) is 1.64. The minimum atomic E-state index is -0.494. The third-order valence-corrected chi connectivity index (χ3v) is 3.16. The van der Waals surface area contributed by atoms with E-state index >= 15 is 0 Å². The fourth-order valence-corrected chi connectivity index (χ4v) is 2.08. The van der Waals surface area contributed by atoms with Gasteiger partial charge in [0.15, 0.2) is 5.69 Å². The zero-order valence-electron chi connectivity index (χ0n) is 12.2. The van der Waals surface area contributed by atoms with Crippen molar-refractivity contribution in [2.75, 3.05) is 19.5 Å². The van der Waals surface area contributed by atoms with Crippen LogP contribution in [-0.2, 0) is 17.7 Å². The molecule has 112 valence electrons. The third kappa shape index (κ3) is 3.34. The first-order valence-corrected chi connectivity index (χ1v) is 6.77. The maximum absolute atomic E-state index is 11.7. The summed E-state index contributed by atoms with van der Waals surface area (Å²) in [6.07, 6.45) is 2.28. The first-order valence-electron chi connectivity index (χ1n) is 6.77. The normalized spacial score (nSPS) is 10.4. The van der Waals surface area contributed by atoms with Crippen LogP contribution in [0, 0.1) is 0 Å². The van der Waals surface area contributed by atoms with E-state index in [1.807, 2.05) is 24.3 Å². The summed E-state index contributed by atoms with van der Waals surface area (Å²) >= 11 is 0. The van der Waals surface area contributed by atoms with E-state index in [4.69, 9.17) is 15.2 Å². The predicted octanol–water partition coefficient (Wildman–Crippen LogP) is 1.89. The molecule has 1 aromatic heterocycles. The number of methoxy groups -OCH3 is 1. The van der Waals surface area contributed by atoms with Gasteiger partial charge in [0.2, 0.25) is 0 Å². The number of anilines is 1. The number of hydrogen-bond acceptors (Lipinski definition) is 5. The number of benzene rings is 1. The molecule has 0 saturated carbocycles. The Bertz CT molecular complexity index is 622. The molecule has 21 heavy (non-hydrogen) atoms. The molecule has 0 amide bonds. The lowest BCUT2D eigenvalue weighted by Gasteiger charge is -2.09. The Morgan fingerprint density at radius 1 is 1.38 bits per heavy atom. The molecule has 2 N–H and O–H groups in total. The van der Waals surface area contributed by atoms with Crippen LogP contribution < -0.4 is 10.5 Å². The number of nitrogen functional groups attached to an aromatic ring is 1.